The van der Waals surface area contributed by atoms with Gasteiger partial charge in [-0.05, 0) is 35.9 Å². The molecule has 2 aromatic carbocycles. The summed E-state index contributed by atoms with van der Waals surface area (Å²) in [7, 11) is 0. The van der Waals surface area contributed by atoms with Gasteiger partial charge in [-0.1, -0.05) is 18.2 Å². The van der Waals surface area contributed by atoms with E-state index in [2.05, 4.69) is 10.6 Å². The molecular weight excluding hydrogens is 324 g/mol. The lowest BCUT2D eigenvalue weighted by Gasteiger charge is -2.09. The maximum atomic E-state index is 11.9. The Morgan fingerprint density at radius 1 is 1.00 bits per heavy atom. The number of ether oxygens (including phenoxy) is 1. The van der Waals surface area contributed by atoms with Gasteiger partial charge in [0.05, 0.1) is 6.42 Å². The molecular formula is C18H18N2O5. The minimum Gasteiger partial charge on any atom is -0.484 e. The van der Waals surface area contributed by atoms with E-state index in [9.17, 15) is 14.4 Å². The van der Waals surface area contributed by atoms with Crippen molar-refractivity contribution in [3.05, 3.63) is 54.1 Å². The Bertz CT molecular complexity index is 771. The highest BCUT2D eigenvalue weighted by molar-refractivity contribution is 5.94. The van der Waals surface area contributed by atoms with Gasteiger partial charge in [-0.15, -0.1) is 0 Å². The number of aliphatic carboxylic acids is 1. The van der Waals surface area contributed by atoms with Gasteiger partial charge in [-0.3, -0.25) is 14.4 Å². The van der Waals surface area contributed by atoms with E-state index >= 15 is 0 Å². The molecule has 2 rings (SSSR count). The number of hydrogen-bond donors (Lipinski definition) is 3. The first-order valence-electron chi connectivity index (χ1n) is 7.53. The molecule has 0 unspecified atom stereocenters. The summed E-state index contributed by atoms with van der Waals surface area (Å²) in [5, 5.41) is 14.0. The third kappa shape index (κ3) is 6.34. The number of carbonyl (C=O) groups excluding carboxylic acids is 2. The zero-order valence-corrected chi connectivity index (χ0v) is 13.6. The van der Waals surface area contributed by atoms with E-state index in [1.807, 2.05) is 0 Å². The van der Waals surface area contributed by atoms with Crippen LogP contribution >= 0.6 is 0 Å². The van der Waals surface area contributed by atoms with Crippen molar-refractivity contribution in [2.45, 2.75) is 13.3 Å². The molecule has 0 aromatic heterocycles. The van der Waals surface area contributed by atoms with Crippen molar-refractivity contribution in [3.63, 3.8) is 0 Å². The Morgan fingerprint density at radius 3 is 2.24 bits per heavy atom. The van der Waals surface area contributed by atoms with Crippen LogP contribution in [0.15, 0.2) is 48.5 Å². The van der Waals surface area contributed by atoms with Gasteiger partial charge in [-0.25, -0.2) is 0 Å². The van der Waals surface area contributed by atoms with Crippen molar-refractivity contribution in [1.29, 1.82) is 0 Å². The van der Waals surface area contributed by atoms with Crippen LogP contribution in [0, 0.1) is 0 Å². The Balaban J connectivity index is 1.86. The normalized spacial score (nSPS) is 9.96. The van der Waals surface area contributed by atoms with Crippen LogP contribution in [-0.4, -0.2) is 29.5 Å². The van der Waals surface area contributed by atoms with Crippen LogP contribution in [-0.2, 0) is 20.8 Å². The number of carboxylic acids is 1. The quantitative estimate of drug-likeness (QED) is 0.716. The summed E-state index contributed by atoms with van der Waals surface area (Å²) in [6.07, 6.45) is -0.0641. The number of anilines is 2. The predicted octanol–water partition coefficient (Wildman–Crippen LogP) is 2.29. The van der Waals surface area contributed by atoms with Crippen molar-refractivity contribution < 1.29 is 24.2 Å². The molecule has 0 spiro atoms. The monoisotopic (exact) mass is 342 g/mol. The van der Waals surface area contributed by atoms with Gasteiger partial charge in [0.2, 0.25) is 5.91 Å². The molecule has 7 nitrogen and oxygen atoms in total. The highest BCUT2D eigenvalue weighted by Crippen LogP contribution is 2.16. The average Bonchev–Trinajstić information content (AvgIpc) is 2.53. The number of hydrogen-bond acceptors (Lipinski definition) is 4. The number of carboxylic acid groups (broad SMARTS) is 1. The predicted molar refractivity (Wildman–Crippen MR) is 92.7 cm³/mol. The fourth-order valence-electron chi connectivity index (χ4n) is 2.10. The van der Waals surface area contributed by atoms with Gasteiger partial charge >= 0.3 is 5.97 Å². The van der Waals surface area contributed by atoms with Gasteiger partial charge in [0, 0.05) is 18.3 Å². The Labute approximate surface area is 144 Å². The van der Waals surface area contributed by atoms with Crippen molar-refractivity contribution >= 4 is 29.2 Å². The summed E-state index contributed by atoms with van der Waals surface area (Å²) >= 11 is 0. The Hall–Kier alpha value is -3.35. The number of carbonyl (C=O) groups is 3. The van der Waals surface area contributed by atoms with E-state index in [0.717, 1.165) is 0 Å². The number of amides is 2. The molecule has 2 aromatic rings. The van der Waals surface area contributed by atoms with Gasteiger partial charge in [0.25, 0.3) is 5.91 Å². The van der Waals surface area contributed by atoms with Gasteiger partial charge < -0.3 is 20.5 Å². The molecule has 130 valence electrons. The molecule has 0 bridgehead atoms. The maximum absolute atomic E-state index is 11.9. The first-order valence-corrected chi connectivity index (χ1v) is 7.53. The molecule has 0 radical (unpaired) electrons. The molecule has 0 heterocycles. The maximum Gasteiger partial charge on any atom is 0.307 e. The molecule has 7 heteroatoms. The van der Waals surface area contributed by atoms with Crippen molar-refractivity contribution in [2.24, 2.45) is 0 Å². The molecule has 2 amide bonds. The van der Waals surface area contributed by atoms with Crippen LogP contribution in [0.25, 0.3) is 0 Å². The van der Waals surface area contributed by atoms with E-state index < -0.39 is 5.97 Å². The minimum atomic E-state index is -0.908. The van der Waals surface area contributed by atoms with E-state index in [0.29, 0.717) is 22.7 Å². The number of benzene rings is 2. The lowest BCUT2D eigenvalue weighted by molar-refractivity contribution is -0.136. The van der Waals surface area contributed by atoms with Gasteiger partial charge in [0.15, 0.2) is 6.61 Å². The Kier molecular flexibility index (Phi) is 6.11. The standard InChI is InChI=1S/C18H18N2O5/c1-12(21)19-14-3-2-4-15(10-14)20-17(22)11-25-16-7-5-13(6-8-16)9-18(23)24/h2-8,10H,9,11H2,1H3,(H,19,21)(H,20,22)(H,23,24). The average molecular weight is 342 g/mol. The molecule has 0 saturated heterocycles. The first-order chi connectivity index (χ1) is 11.9. The smallest absolute Gasteiger partial charge is 0.307 e. The van der Waals surface area contributed by atoms with Crippen LogP contribution in [0.1, 0.15) is 12.5 Å². The molecule has 0 fully saturated rings. The largest absolute Gasteiger partial charge is 0.484 e. The number of nitrogens with one attached hydrogen (secondary N) is 2. The lowest BCUT2D eigenvalue weighted by atomic mass is 10.1. The van der Waals surface area contributed by atoms with Crippen LogP contribution in [0.2, 0.25) is 0 Å². The molecule has 0 atom stereocenters. The minimum absolute atomic E-state index is 0.0641. The molecule has 0 aliphatic carbocycles. The van der Waals surface area contributed by atoms with Crippen LogP contribution in [0.3, 0.4) is 0 Å². The second kappa shape index (κ2) is 8.49. The Morgan fingerprint density at radius 2 is 1.64 bits per heavy atom. The molecule has 3 N–H and O–H groups in total. The fraction of sp³-hybridized carbons (Fsp3) is 0.167. The second-order valence-electron chi connectivity index (χ2n) is 5.31. The van der Waals surface area contributed by atoms with Crippen LogP contribution in [0.5, 0.6) is 5.75 Å². The number of rotatable bonds is 7. The third-order valence-electron chi connectivity index (χ3n) is 3.12. The summed E-state index contributed by atoms with van der Waals surface area (Å²) in [5.41, 5.74) is 1.77. The summed E-state index contributed by atoms with van der Waals surface area (Å²) in [5.74, 6) is -0.987. The molecule has 0 aliphatic rings. The highest BCUT2D eigenvalue weighted by Gasteiger charge is 2.06. The van der Waals surface area contributed by atoms with E-state index in [1.165, 1.54) is 6.92 Å². The van der Waals surface area contributed by atoms with Crippen molar-refractivity contribution in [3.8, 4) is 5.75 Å². The molecule has 0 saturated carbocycles. The molecule has 0 aliphatic heterocycles. The van der Waals surface area contributed by atoms with Gasteiger partial charge in [-0.2, -0.15) is 0 Å². The van der Waals surface area contributed by atoms with Crippen LogP contribution in [0.4, 0.5) is 11.4 Å². The van der Waals surface area contributed by atoms with Crippen molar-refractivity contribution in [2.75, 3.05) is 17.2 Å². The summed E-state index contributed by atoms with van der Waals surface area (Å²) in [6.45, 7) is 1.21. The van der Waals surface area contributed by atoms with Crippen LogP contribution < -0.4 is 15.4 Å². The zero-order valence-electron chi connectivity index (χ0n) is 13.6. The lowest BCUT2D eigenvalue weighted by Crippen LogP contribution is -2.20. The zero-order chi connectivity index (χ0) is 18.2. The van der Waals surface area contributed by atoms with E-state index in [4.69, 9.17) is 9.84 Å². The second-order valence-corrected chi connectivity index (χ2v) is 5.31. The summed E-state index contributed by atoms with van der Waals surface area (Å²) < 4.78 is 5.37. The van der Waals surface area contributed by atoms with E-state index in [1.54, 1.807) is 48.5 Å². The summed E-state index contributed by atoms with van der Waals surface area (Å²) in [6, 6.07) is 13.3. The topological polar surface area (TPSA) is 105 Å². The SMILES string of the molecule is CC(=O)Nc1cccc(NC(=O)COc2ccc(CC(=O)O)cc2)c1. The van der Waals surface area contributed by atoms with E-state index in [-0.39, 0.29) is 24.8 Å². The van der Waals surface area contributed by atoms with Crippen molar-refractivity contribution in [1.82, 2.24) is 0 Å². The highest BCUT2D eigenvalue weighted by atomic mass is 16.5. The first kappa shape index (κ1) is 18.0. The van der Waals surface area contributed by atoms with Gasteiger partial charge in [0.1, 0.15) is 5.75 Å². The summed E-state index contributed by atoms with van der Waals surface area (Å²) in [4.78, 5) is 33.6. The molecule has 25 heavy (non-hydrogen) atoms. The third-order valence-corrected chi connectivity index (χ3v) is 3.12. The fourth-order valence-corrected chi connectivity index (χ4v) is 2.10.